The molecule has 68 heavy (non-hydrogen) atoms. The lowest BCUT2D eigenvalue weighted by Gasteiger charge is -2.28. The van der Waals surface area contributed by atoms with E-state index in [0.29, 0.717) is 0 Å². The fourth-order valence-corrected chi connectivity index (χ4v) is 11.7. The Kier molecular flexibility index (Phi) is 9.77. The number of benzene rings is 12. The summed E-state index contributed by atoms with van der Waals surface area (Å²) in [6.07, 6.45) is 0. The predicted molar refractivity (Wildman–Crippen MR) is 294 cm³/mol. The quantitative estimate of drug-likeness (QED) is 0.137. The van der Waals surface area contributed by atoms with E-state index in [1.54, 1.807) is 0 Å². The standard InChI is InChI=1S/C66H43NS/c1-2-14-44(15-3-1)46-34-38-53(39-35-46)67(64-43-52-17-5-7-22-56(52)58-23-8-9-24-60(58)64)54-40-36-47(37-41-54)45-30-32-48(33-31-45)50-19-10-20-51(42-50)57-25-12-28-62-63-29-13-27-61(66(63)68-65(57)62)59-26-11-18-49-16-4-6-21-55(49)59/h1-43H. The predicted octanol–water partition coefficient (Wildman–Crippen LogP) is 19.3. The molecule has 2 heteroatoms. The second kappa shape index (κ2) is 16.7. The second-order valence-electron chi connectivity index (χ2n) is 17.6. The van der Waals surface area contributed by atoms with Crippen LogP contribution in [0.4, 0.5) is 17.1 Å². The summed E-state index contributed by atoms with van der Waals surface area (Å²) >= 11 is 1.91. The van der Waals surface area contributed by atoms with Gasteiger partial charge in [0.25, 0.3) is 0 Å². The number of nitrogens with zero attached hydrogens (tertiary/aromatic N) is 1. The summed E-state index contributed by atoms with van der Waals surface area (Å²) in [5.74, 6) is 0. The van der Waals surface area contributed by atoms with Crippen molar-refractivity contribution < 1.29 is 0 Å². The van der Waals surface area contributed by atoms with E-state index in [1.165, 1.54) is 108 Å². The number of anilines is 3. The minimum absolute atomic E-state index is 1.11. The number of thiophene rings is 1. The molecule has 0 atom stereocenters. The van der Waals surface area contributed by atoms with Gasteiger partial charge in [-0.3, -0.25) is 0 Å². The zero-order valence-electron chi connectivity index (χ0n) is 37.2. The molecule has 318 valence electrons. The van der Waals surface area contributed by atoms with Gasteiger partial charge in [0, 0.05) is 42.5 Å². The van der Waals surface area contributed by atoms with Crippen LogP contribution in [-0.4, -0.2) is 0 Å². The highest BCUT2D eigenvalue weighted by molar-refractivity contribution is 7.26. The Morgan fingerprint density at radius 2 is 0.662 bits per heavy atom. The Balaban J connectivity index is 0.832. The van der Waals surface area contributed by atoms with Crippen LogP contribution in [-0.2, 0) is 0 Å². The molecule has 0 unspecified atom stereocenters. The third kappa shape index (κ3) is 6.93. The van der Waals surface area contributed by atoms with Gasteiger partial charge >= 0.3 is 0 Å². The zero-order chi connectivity index (χ0) is 45.0. The molecule has 0 spiro atoms. The van der Waals surface area contributed by atoms with Gasteiger partial charge in [-0.15, -0.1) is 11.3 Å². The molecule has 0 bridgehead atoms. The highest BCUT2D eigenvalue weighted by atomic mass is 32.1. The SMILES string of the molecule is c1ccc(-c2ccc(N(c3ccc(-c4ccc(-c5cccc(-c6cccc7c6sc6c(-c8cccc9ccccc89)cccc67)c5)cc4)cc3)c3cc4ccccc4c4ccccc34)cc2)cc1. The van der Waals surface area contributed by atoms with E-state index in [9.17, 15) is 0 Å². The average molecular weight is 882 g/mol. The van der Waals surface area contributed by atoms with Gasteiger partial charge in [0.15, 0.2) is 0 Å². The van der Waals surface area contributed by atoms with E-state index < -0.39 is 0 Å². The van der Waals surface area contributed by atoms with Gasteiger partial charge in [0.1, 0.15) is 0 Å². The van der Waals surface area contributed by atoms with Crippen molar-refractivity contribution in [3.8, 4) is 55.6 Å². The normalized spacial score (nSPS) is 11.5. The highest BCUT2D eigenvalue weighted by Gasteiger charge is 2.19. The van der Waals surface area contributed by atoms with E-state index in [1.807, 2.05) is 11.3 Å². The minimum Gasteiger partial charge on any atom is -0.310 e. The summed E-state index contributed by atoms with van der Waals surface area (Å²) in [7, 11) is 0. The first-order chi connectivity index (χ1) is 33.7. The molecule has 13 rings (SSSR count). The average Bonchev–Trinajstić information content (AvgIpc) is 3.81. The van der Waals surface area contributed by atoms with E-state index in [-0.39, 0.29) is 0 Å². The molecule has 1 aromatic heterocycles. The van der Waals surface area contributed by atoms with Crippen LogP contribution in [0.15, 0.2) is 261 Å². The van der Waals surface area contributed by atoms with Crippen molar-refractivity contribution in [2.45, 2.75) is 0 Å². The molecule has 12 aromatic carbocycles. The summed E-state index contributed by atoms with van der Waals surface area (Å²) in [6, 6.07) is 95.5. The Morgan fingerprint density at radius 1 is 0.235 bits per heavy atom. The minimum atomic E-state index is 1.11. The lowest BCUT2D eigenvalue weighted by molar-refractivity contribution is 1.30. The van der Waals surface area contributed by atoms with Gasteiger partial charge in [0.2, 0.25) is 0 Å². The maximum atomic E-state index is 2.41. The molecule has 0 aliphatic carbocycles. The number of hydrogen-bond acceptors (Lipinski definition) is 2. The molecule has 0 aliphatic rings. The van der Waals surface area contributed by atoms with Crippen molar-refractivity contribution in [2.75, 3.05) is 4.90 Å². The molecule has 0 N–H and O–H groups in total. The smallest absolute Gasteiger partial charge is 0.0546 e. The first kappa shape index (κ1) is 39.8. The Hall–Kier alpha value is -8.56. The van der Waals surface area contributed by atoms with Gasteiger partial charge in [-0.05, 0) is 113 Å². The maximum Gasteiger partial charge on any atom is 0.0546 e. The van der Waals surface area contributed by atoms with Crippen molar-refractivity contribution in [1.82, 2.24) is 0 Å². The zero-order valence-corrected chi connectivity index (χ0v) is 38.0. The lowest BCUT2D eigenvalue weighted by Crippen LogP contribution is -2.10. The van der Waals surface area contributed by atoms with Crippen LogP contribution in [0.2, 0.25) is 0 Å². The maximum absolute atomic E-state index is 2.41. The molecule has 0 saturated carbocycles. The van der Waals surface area contributed by atoms with Crippen LogP contribution in [0, 0.1) is 0 Å². The Labute approximate surface area is 400 Å². The molecule has 13 aromatic rings. The fourth-order valence-electron chi connectivity index (χ4n) is 10.3. The first-order valence-corrected chi connectivity index (χ1v) is 24.1. The van der Waals surface area contributed by atoms with Crippen LogP contribution in [0.25, 0.3) is 108 Å². The molecule has 0 aliphatic heterocycles. The second-order valence-corrected chi connectivity index (χ2v) is 18.6. The molecule has 0 saturated heterocycles. The van der Waals surface area contributed by atoms with Crippen LogP contribution in [0.3, 0.4) is 0 Å². The topological polar surface area (TPSA) is 3.24 Å². The largest absolute Gasteiger partial charge is 0.310 e. The molecule has 0 amide bonds. The van der Waals surface area contributed by atoms with Gasteiger partial charge in [-0.25, -0.2) is 0 Å². The fraction of sp³-hybridized carbons (Fsp3) is 0. The van der Waals surface area contributed by atoms with E-state index in [2.05, 4.69) is 266 Å². The van der Waals surface area contributed by atoms with E-state index >= 15 is 0 Å². The summed E-state index contributed by atoms with van der Waals surface area (Å²) in [6.45, 7) is 0. The van der Waals surface area contributed by atoms with Crippen LogP contribution in [0.1, 0.15) is 0 Å². The summed E-state index contributed by atoms with van der Waals surface area (Å²) < 4.78 is 2.65. The monoisotopic (exact) mass is 881 g/mol. The lowest BCUT2D eigenvalue weighted by atomic mass is 9.95. The van der Waals surface area contributed by atoms with Crippen LogP contribution < -0.4 is 4.90 Å². The number of fused-ring (bicyclic) bond motifs is 7. The molecule has 1 heterocycles. The summed E-state index contributed by atoms with van der Waals surface area (Å²) in [4.78, 5) is 2.41. The molecular weight excluding hydrogens is 839 g/mol. The first-order valence-electron chi connectivity index (χ1n) is 23.3. The van der Waals surface area contributed by atoms with Crippen molar-refractivity contribution in [3.63, 3.8) is 0 Å². The molecular formula is C66H43NS. The van der Waals surface area contributed by atoms with Crippen molar-refractivity contribution in [1.29, 1.82) is 0 Å². The highest BCUT2D eigenvalue weighted by Crippen LogP contribution is 2.46. The third-order valence-electron chi connectivity index (χ3n) is 13.7. The van der Waals surface area contributed by atoms with Gasteiger partial charge in [0.05, 0.1) is 5.69 Å². The van der Waals surface area contributed by atoms with Crippen molar-refractivity contribution in [3.05, 3.63) is 261 Å². The van der Waals surface area contributed by atoms with E-state index in [4.69, 9.17) is 0 Å². The molecule has 1 nitrogen and oxygen atoms in total. The molecule has 0 fully saturated rings. The van der Waals surface area contributed by atoms with Crippen LogP contribution >= 0.6 is 11.3 Å². The summed E-state index contributed by atoms with van der Waals surface area (Å²) in [5.41, 5.74) is 15.6. The number of hydrogen-bond donors (Lipinski definition) is 0. The van der Waals surface area contributed by atoms with Gasteiger partial charge < -0.3 is 4.90 Å². The summed E-state index contributed by atoms with van der Waals surface area (Å²) in [5, 5.41) is 10.1. The van der Waals surface area contributed by atoms with E-state index in [0.717, 1.165) is 17.1 Å². The number of rotatable bonds is 8. The Bertz CT molecular complexity index is 3990. The third-order valence-corrected chi connectivity index (χ3v) is 15.0. The van der Waals surface area contributed by atoms with Gasteiger partial charge in [-0.2, -0.15) is 0 Å². The van der Waals surface area contributed by atoms with Gasteiger partial charge in [-0.1, -0.05) is 224 Å². The van der Waals surface area contributed by atoms with Crippen molar-refractivity contribution in [2.24, 2.45) is 0 Å². The van der Waals surface area contributed by atoms with Crippen molar-refractivity contribution >= 4 is 80.9 Å². The van der Waals surface area contributed by atoms with Crippen LogP contribution in [0.5, 0.6) is 0 Å². The molecule has 0 radical (unpaired) electrons. The Morgan fingerprint density at radius 3 is 1.35 bits per heavy atom.